The lowest BCUT2D eigenvalue weighted by Crippen LogP contribution is -2.43. The number of aromatic amines is 1. The number of hydrogen-bond acceptors (Lipinski definition) is 4. The van der Waals surface area contributed by atoms with E-state index in [1.54, 1.807) is 11.0 Å². The normalized spacial score (nSPS) is 20.2. The Balaban J connectivity index is 1.80. The van der Waals surface area contributed by atoms with E-state index in [1.807, 2.05) is 26.2 Å². The minimum atomic E-state index is -0.849. The van der Waals surface area contributed by atoms with Gasteiger partial charge in [0, 0.05) is 24.7 Å². The minimum absolute atomic E-state index is 0.136. The largest absolute Gasteiger partial charge is 0.481 e. The molecule has 0 spiro atoms. The maximum absolute atomic E-state index is 13.1. The van der Waals surface area contributed by atoms with Crippen molar-refractivity contribution in [3.63, 3.8) is 0 Å². The Labute approximate surface area is 165 Å². The number of amides is 1. The molecule has 2 aromatic rings. The third-order valence-electron chi connectivity index (χ3n) is 5.55. The molecule has 2 heterocycles. The van der Waals surface area contributed by atoms with Crippen LogP contribution in [0.1, 0.15) is 35.8 Å². The fourth-order valence-corrected chi connectivity index (χ4v) is 3.62. The molecule has 1 fully saturated rings. The smallest absolute Gasteiger partial charge is 0.308 e. The fraction of sp³-hybridized carbons (Fsp3) is 0.476. The second kappa shape index (κ2) is 8.56. The summed E-state index contributed by atoms with van der Waals surface area (Å²) in [7, 11) is 3.92. The molecule has 0 saturated carbocycles. The van der Waals surface area contributed by atoms with E-state index in [0.29, 0.717) is 24.4 Å². The summed E-state index contributed by atoms with van der Waals surface area (Å²) in [5, 5.41) is 16.6. The highest BCUT2D eigenvalue weighted by atomic mass is 16.4. The number of carbonyl (C=O) groups excluding carboxylic acids is 1. The van der Waals surface area contributed by atoms with Crippen molar-refractivity contribution in [1.82, 2.24) is 20.0 Å². The molecule has 150 valence electrons. The van der Waals surface area contributed by atoms with Crippen molar-refractivity contribution >= 4 is 11.9 Å². The van der Waals surface area contributed by atoms with E-state index >= 15 is 0 Å². The van der Waals surface area contributed by atoms with E-state index in [-0.39, 0.29) is 18.5 Å². The van der Waals surface area contributed by atoms with Gasteiger partial charge in [0.15, 0.2) is 0 Å². The number of aryl methyl sites for hydroxylation is 1. The summed E-state index contributed by atoms with van der Waals surface area (Å²) in [4.78, 5) is 28.3. The summed E-state index contributed by atoms with van der Waals surface area (Å²) in [6.07, 6.45) is 2.29. The zero-order valence-electron chi connectivity index (χ0n) is 16.7. The molecule has 0 radical (unpaired) electrons. The molecule has 7 heteroatoms. The number of nitrogens with zero attached hydrogens (tertiary/aromatic N) is 3. The van der Waals surface area contributed by atoms with Crippen molar-refractivity contribution in [1.29, 1.82) is 0 Å². The molecule has 2 N–H and O–H groups in total. The molecule has 1 aromatic carbocycles. The summed E-state index contributed by atoms with van der Waals surface area (Å²) in [6.45, 7) is 2.83. The SMILES string of the molecule is CCc1ccc(-c2cc(C(=O)N3C[C@@H](C(=O)O)CC[C@@H](N(C)C)C3)[nH]n2)cc1. The van der Waals surface area contributed by atoms with Gasteiger partial charge in [-0.25, -0.2) is 0 Å². The van der Waals surface area contributed by atoms with Crippen LogP contribution in [-0.4, -0.2) is 70.2 Å². The van der Waals surface area contributed by atoms with E-state index in [2.05, 4.69) is 34.2 Å². The first-order valence-corrected chi connectivity index (χ1v) is 9.72. The Morgan fingerprint density at radius 2 is 1.93 bits per heavy atom. The first kappa shape index (κ1) is 20.1. The molecule has 28 heavy (non-hydrogen) atoms. The standard InChI is InChI=1S/C21H28N4O3/c1-4-14-5-7-15(8-6-14)18-11-19(23-22-18)20(26)25-12-16(21(27)28)9-10-17(13-25)24(2)3/h5-8,11,16-17H,4,9-10,12-13H2,1-3H3,(H,22,23)(H,27,28)/t16-,17+/m0/s1. The number of carboxylic acids is 1. The van der Waals surface area contributed by atoms with E-state index in [4.69, 9.17) is 0 Å². The van der Waals surface area contributed by atoms with E-state index in [0.717, 1.165) is 18.4 Å². The number of carboxylic acid groups (broad SMARTS) is 1. The molecule has 0 unspecified atom stereocenters. The average molecular weight is 384 g/mol. The van der Waals surface area contributed by atoms with Crippen LogP contribution in [0.3, 0.4) is 0 Å². The molecule has 3 rings (SSSR count). The van der Waals surface area contributed by atoms with Crippen molar-refractivity contribution in [3.8, 4) is 11.3 Å². The number of nitrogens with one attached hydrogen (secondary N) is 1. The summed E-state index contributed by atoms with van der Waals surface area (Å²) in [6, 6.07) is 9.99. The van der Waals surface area contributed by atoms with Gasteiger partial charge in [-0.15, -0.1) is 0 Å². The zero-order valence-corrected chi connectivity index (χ0v) is 16.7. The molecule has 0 aliphatic carbocycles. The van der Waals surface area contributed by atoms with Crippen LogP contribution in [0.4, 0.5) is 0 Å². The predicted octanol–water partition coefficient (Wildman–Crippen LogP) is 2.51. The second-order valence-electron chi connectivity index (χ2n) is 7.66. The van der Waals surface area contributed by atoms with Gasteiger partial charge < -0.3 is 14.9 Å². The average Bonchev–Trinajstić information content (AvgIpc) is 3.06. The van der Waals surface area contributed by atoms with Crippen LogP contribution in [0.15, 0.2) is 30.3 Å². The van der Waals surface area contributed by atoms with Crippen molar-refractivity contribution in [3.05, 3.63) is 41.6 Å². The van der Waals surface area contributed by atoms with Crippen LogP contribution in [0.25, 0.3) is 11.3 Å². The molecule has 0 bridgehead atoms. The van der Waals surface area contributed by atoms with Gasteiger partial charge in [0.05, 0.1) is 11.6 Å². The van der Waals surface area contributed by atoms with Crippen LogP contribution < -0.4 is 0 Å². The Bertz CT molecular complexity index is 828. The van der Waals surface area contributed by atoms with Crippen LogP contribution in [0, 0.1) is 5.92 Å². The lowest BCUT2D eigenvalue weighted by Gasteiger charge is -2.28. The molecule has 1 aliphatic rings. The number of likely N-dealkylation sites (N-methyl/N-ethyl adjacent to an activating group) is 1. The highest BCUT2D eigenvalue weighted by Crippen LogP contribution is 2.23. The van der Waals surface area contributed by atoms with Gasteiger partial charge in [0.1, 0.15) is 5.69 Å². The topological polar surface area (TPSA) is 89.5 Å². The van der Waals surface area contributed by atoms with E-state index in [1.165, 1.54) is 5.56 Å². The molecule has 7 nitrogen and oxygen atoms in total. The summed E-state index contributed by atoms with van der Waals surface area (Å²) >= 11 is 0. The molecule has 1 aromatic heterocycles. The lowest BCUT2D eigenvalue weighted by molar-refractivity contribution is -0.142. The van der Waals surface area contributed by atoms with E-state index in [9.17, 15) is 14.7 Å². The lowest BCUT2D eigenvalue weighted by atomic mass is 10.0. The number of hydrogen-bond donors (Lipinski definition) is 2. The number of H-pyrrole nitrogens is 1. The highest BCUT2D eigenvalue weighted by Gasteiger charge is 2.32. The van der Waals surface area contributed by atoms with Crippen LogP contribution in [-0.2, 0) is 11.2 Å². The monoisotopic (exact) mass is 384 g/mol. The first-order chi connectivity index (χ1) is 13.4. The van der Waals surface area contributed by atoms with Gasteiger partial charge in [-0.2, -0.15) is 5.10 Å². The number of rotatable bonds is 5. The quantitative estimate of drug-likeness (QED) is 0.827. The number of likely N-dealkylation sites (tertiary alicyclic amines) is 1. The van der Waals surface area contributed by atoms with Crippen molar-refractivity contribution in [2.75, 3.05) is 27.2 Å². The molecular weight excluding hydrogens is 356 g/mol. The van der Waals surface area contributed by atoms with Gasteiger partial charge in [-0.1, -0.05) is 31.2 Å². The molecule has 2 atom stereocenters. The van der Waals surface area contributed by atoms with Crippen molar-refractivity contribution in [2.24, 2.45) is 5.92 Å². The number of benzene rings is 1. The van der Waals surface area contributed by atoms with Gasteiger partial charge in [0.2, 0.25) is 0 Å². The Kier molecular flexibility index (Phi) is 6.14. The zero-order chi connectivity index (χ0) is 20.3. The Morgan fingerprint density at radius 3 is 2.54 bits per heavy atom. The summed E-state index contributed by atoms with van der Waals surface area (Å²) in [5.41, 5.74) is 3.28. The number of aliphatic carboxylic acids is 1. The van der Waals surface area contributed by atoms with Crippen LogP contribution in [0.5, 0.6) is 0 Å². The first-order valence-electron chi connectivity index (χ1n) is 9.72. The Hall–Kier alpha value is -2.67. The molecular formula is C21H28N4O3. The fourth-order valence-electron chi connectivity index (χ4n) is 3.62. The van der Waals surface area contributed by atoms with Crippen molar-refractivity contribution < 1.29 is 14.7 Å². The van der Waals surface area contributed by atoms with E-state index < -0.39 is 11.9 Å². The summed E-state index contributed by atoms with van der Waals surface area (Å²) in [5.74, 6) is -1.60. The summed E-state index contributed by atoms with van der Waals surface area (Å²) < 4.78 is 0. The van der Waals surface area contributed by atoms with Crippen molar-refractivity contribution in [2.45, 2.75) is 32.2 Å². The minimum Gasteiger partial charge on any atom is -0.481 e. The number of aromatic nitrogens is 2. The van der Waals surface area contributed by atoms with Gasteiger partial charge in [-0.3, -0.25) is 14.7 Å². The predicted molar refractivity (Wildman–Crippen MR) is 107 cm³/mol. The number of carbonyl (C=O) groups is 2. The Morgan fingerprint density at radius 1 is 1.21 bits per heavy atom. The maximum atomic E-state index is 13.1. The third kappa shape index (κ3) is 4.42. The second-order valence-corrected chi connectivity index (χ2v) is 7.66. The van der Waals surface area contributed by atoms with Gasteiger partial charge in [-0.05, 0) is 45.0 Å². The molecule has 1 amide bonds. The molecule has 1 aliphatic heterocycles. The van der Waals surface area contributed by atoms with Crippen LogP contribution >= 0.6 is 0 Å². The van der Waals surface area contributed by atoms with Gasteiger partial charge >= 0.3 is 5.97 Å². The van der Waals surface area contributed by atoms with Crippen LogP contribution in [0.2, 0.25) is 0 Å². The maximum Gasteiger partial charge on any atom is 0.308 e. The highest BCUT2D eigenvalue weighted by molar-refractivity contribution is 5.93. The molecule has 1 saturated heterocycles. The third-order valence-corrected chi connectivity index (χ3v) is 5.55. The van der Waals surface area contributed by atoms with Gasteiger partial charge in [0.25, 0.3) is 5.91 Å².